The molecule has 4 rings (SSSR count). The number of carbonyl (C=O) groups is 1. The van der Waals surface area contributed by atoms with Gasteiger partial charge in [0.1, 0.15) is 11.8 Å². The number of carbonyl (C=O) groups excluding carboxylic acids is 1. The molecule has 1 unspecified atom stereocenters. The molecule has 0 bridgehead atoms. The van der Waals surface area contributed by atoms with Gasteiger partial charge in [0.05, 0.1) is 11.6 Å². The third-order valence-corrected chi connectivity index (χ3v) is 6.04. The molecular weight excluding hydrogens is 362 g/mol. The third kappa shape index (κ3) is 3.78. The van der Waals surface area contributed by atoms with Crippen LogP contribution in [0.25, 0.3) is 0 Å². The number of likely N-dealkylation sites (tertiary alicyclic amines) is 1. The van der Waals surface area contributed by atoms with E-state index in [1.165, 1.54) is 5.56 Å². The predicted molar refractivity (Wildman–Crippen MR) is 104 cm³/mol. The van der Waals surface area contributed by atoms with Crippen LogP contribution < -0.4 is 10.6 Å². The molecule has 1 atom stereocenters. The zero-order chi connectivity index (χ0) is 18.8. The maximum absolute atomic E-state index is 11.5. The van der Waals surface area contributed by atoms with Crippen molar-refractivity contribution in [2.75, 3.05) is 31.8 Å². The monoisotopic (exact) mass is 385 g/mol. The SMILES string of the molecule is COCN1c2cc(CN3CCCC(C(N)=O)C3)ccc2Sc2nccnc21. The second-order valence-corrected chi connectivity index (χ2v) is 7.94. The summed E-state index contributed by atoms with van der Waals surface area (Å²) in [4.78, 5) is 26.0. The van der Waals surface area contributed by atoms with Crippen molar-refractivity contribution in [1.82, 2.24) is 14.9 Å². The van der Waals surface area contributed by atoms with Gasteiger partial charge in [0.2, 0.25) is 5.91 Å². The Hall–Kier alpha value is -2.16. The maximum atomic E-state index is 11.5. The third-order valence-electron chi connectivity index (χ3n) is 5.00. The molecule has 3 heterocycles. The Morgan fingerprint density at radius 3 is 3.04 bits per heavy atom. The van der Waals surface area contributed by atoms with Gasteiger partial charge in [-0.05, 0) is 37.1 Å². The molecule has 1 saturated heterocycles. The van der Waals surface area contributed by atoms with E-state index >= 15 is 0 Å². The molecule has 2 aromatic rings. The number of benzene rings is 1. The van der Waals surface area contributed by atoms with E-state index in [2.05, 4.69) is 38.0 Å². The molecule has 0 aliphatic carbocycles. The van der Waals surface area contributed by atoms with Crippen LogP contribution in [0, 0.1) is 5.92 Å². The Bertz CT molecular complexity index is 847. The van der Waals surface area contributed by atoms with Crippen molar-refractivity contribution in [3.63, 3.8) is 0 Å². The molecule has 2 N–H and O–H groups in total. The lowest BCUT2D eigenvalue weighted by atomic mass is 9.97. The molecular formula is C19H23N5O2S. The fourth-order valence-corrected chi connectivity index (χ4v) is 4.69. The highest BCUT2D eigenvalue weighted by Crippen LogP contribution is 2.46. The van der Waals surface area contributed by atoms with Crippen molar-refractivity contribution >= 4 is 29.2 Å². The minimum Gasteiger partial charge on any atom is -0.369 e. The molecule has 0 radical (unpaired) electrons. The highest BCUT2D eigenvalue weighted by Gasteiger charge is 2.27. The van der Waals surface area contributed by atoms with Gasteiger partial charge in [0.15, 0.2) is 5.82 Å². The zero-order valence-electron chi connectivity index (χ0n) is 15.3. The highest BCUT2D eigenvalue weighted by molar-refractivity contribution is 7.99. The topological polar surface area (TPSA) is 84.6 Å². The van der Waals surface area contributed by atoms with Crippen LogP contribution in [0.5, 0.6) is 0 Å². The van der Waals surface area contributed by atoms with E-state index in [-0.39, 0.29) is 11.8 Å². The quantitative estimate of drug-likeness (QED) is 0.846. The normalized spacial score (nSPS) is 19.4. The van der Waals surface area contributed by atoms with Crippen molar-refractivity contribution < 1.29 is 9.53 Å². The van der Waals surface area contributed by atoms with E-state index in [0.29, 0.717) is 6.73 Å². The number of fused-ring (bicyclic) bond motifs is 2. The van der Waals surface area contributed by atoms with Gasteiger partial charge in [-0.25, -0.2) is 9.97 Å². The van der Waals surface area contributed by atoms with Crippen LogP contribution in [-0.2, 0) is 16.1 Å². The second kappa shape index (κ2) is 7.84. The molecule has 2 aliphatic heterocycles. The maximum Gasteiger partial charge on any atom is 0.221 e. The number of amides is 1. The van der Waals surface area contributed by atoms with E-state index in [1.807, 2.05) is 0 Å². The van der Waals surface area contributed by atoms with Crippen molar-refractivity contribution in [2.45, 2.75) is 29.3 Å². The number of piperidine rings is 1. The average molecular weight is 385 g/mol. The summed E-state index contributed by atoms with van der Waals surface area (Å²) in [5, 5.41) is 0.884. The molecule has 0 saturated carbocycles. The molecule has 2 aliphatic rings. The van der Waals surface area contributed by atoms with Gasteiger partial charge in [-0.2, -0.15) is 0 Å². The second-order valence-electron chi connectivity index (χ2n) is 6.91. The van der Waals surface area contributed by atoms with Crippen LogP contribution in [0.1, 0.15) is 18.4 Å². The first-order valence-corrected chi connectivity index (χ1v) is 9.87. The molecule has 1 amide bonds. The van der Waals surface area contributed by atoms with Crippen molar-refractivity contribution in [1.29, 1.82) is 0 Å². The number of nitrogens with zero attached hydrogens (tertiary/aromatic N) is 4. The number of rotatable bonds is 5. The van der Waals surface area contributed by atoms with Gasteiger partial charge in [0.25, 0.3) is 0 Å². The number of hydrogen-bond donors (Lipinski definition) is 1. The standard InChI is InChI=1S/C19H23N5O2S/c1-26-12-24-15-9-13(10-23-8-2-3-14(11-23)17(20)25)4-5-16(15)27-19-18(24)21-6-7-22-19/h4-7,9,14H,2-3,8,10-12H2,1H3,(H2,20,25). The first-order chi connectivity index (χ1) is 13.2. The summed E-state index contributed by atoms with van der Waals surface area (Å²) in [6, 6.07) is 6.46. The van der Waals surface area contributed by atoms with Crippen LogP contribution in [0.2, 0.25) is 0 Å². The summed E-state index contributed by atoms with van der Waals surface area (Å²) in [7, 11) is 1.68. The van der Waals surface area contributed by atoms with Crippen LogP contribution in [0.15, 0.2) is 40.5 Å². The van der Waals surface area contributed by atoms with Crippen molar-refractivity contribution in [3.8, 4) is 0 Å². The minimum atomic E-state index is -0.192. The van der Waals surface area contributed by atoms with Gasteiger partial charge >= 0.3 is 0 Å². The number of methoxy groups -OCH3 is 1. The summed E-state index contributed by atoms with van der Waals surface area (Å²) in [5.41, 5.74) is 7.79. The summed E-state index contributed by atoms with van der Waals surface area (Å²) in [5.74, 6) is 0.586. The molecule has 1 aromatic carbocycles. The zero-order valence-corrected chi connectivity index (χ0v) is 16.1. The van der Waals surface area contributed by atoms with Crippen LogP contribution >= 0.6 is 11.8 Å². The van der Waals surface area contributed by atoms with Crippen LogP contribution in [0.3, 0.4) is 0 Å². The number of nitrogens with two attached hydrogens (primary N) is 1. The Kier molecular flexibility index (Phi) is 5.29. The fourth-order valence-electron chi connectivity index (χ4n) is 3.70. The molecule has 27 heavy (non-hydrogen) atoms. The van der Waals surface area contributed by atoms with E-state index in [1.54, 1.807) is 31.3 Å². The Labute approximate surface area is 162 Å². The summed E-state index contributed by atoms with van der Waals surface area (Å²) >= 11 is 1.63. The Morgan fingerprint density at radius 2 is 2.22 bits per heavy atom. The molecule has 1 aromatic heterocycles. The lowest BCUT2D eigenvalue weighted by Crippen LogP contribution is -2.40. The summed E-state index contributed by atoms with van der Waals surface area (Å²) < 4.78 is 5.41. The first kappa shape index (κ1) is 18.2. The highest BCUT2D eigenvalue weighted by atomic mass is 32.2. The Morgan fingerprint density at radius 1 is 1.37 bits per heavy atom. The van der Waals surface area contributed by atoms with Crippen molar-refractivity contribution in [2.24, 2.45) is 11.7 Å². The smallest absolute Gasteiger partial charge is 0.221 e. The first-order valence-electron chi connectivity index (χ1n) is 9.05. The number of anilines is 2. The summed E-state index contributed by atoms with van der Waals surface area (Å²) in [6.45, 7) is 2.94. The number of hydrogen-bond acceptors (Lipinski definition) is 7. The van der Waals surface area contributed by atoms with E-state index < -0.39 is 0 Å². The number of primary amides is 1. The van der Waals surface area contributed by atoms with E-state index in [4.69, 9.17) is 10.5 Å². The van der Waals surface area contributed by atoms with Gasteiger partial charge in [-0.15, -0.1) is 0 Å². The molecule has 1 fully saturated rings. The fraction of sp³-hybridized carbons (Fsp3) is 0.421. The van der Waals surface area contributed by atoms with Gasteiger partial charge < -0.3 is 10.5 Å². The lowest BCUT2D eigenvalue weighted by molar-refractivity contribution is -0.123. The predicted octanol–water partition coefficient (Wildman–Crippen LogP) is 2.38. The molecule has 0 spiro atoms. The largest absolute Gasteiger partial charge is 0.369 e. The lowest BCUT2D eigenvalue weighted by Gasteiger charge is -2.33. The summed E-state index contributed by atoms with van der Waals surface area (Å²) in [6.07, 6.45) is 5.31. The van der Waals surface area contributed by atoms with Crippen LogP contribution in [0.4, 0.5) is 11.5 Å². The van der Waals surface area contributed by atoms with Gasteiger partial charge in [-0.3, -0.25) is 14.6 Å². The van der Waals surface area contributed by atoms with Gasteiger partial charge in [0, 0.05) is 37.5 Å². The Balaban J connectivity index is 1.58. The number of ether oxygens (including phenoxy) is 1. The van der Waals surface area contributed by atoms with E-state index in [9.17, 15) is 4.79 Å². The molecule has 142 valence electrons. The van der Waals surface area contributed by atoms with E-state index in [0.717, 1.165) is 53.9 Å². The average Bonchev–Trinajstić information content (AvgIpc) is 2.68. The minimum absolute atomic E-state index is 0.0425. The van der Waals surface area contributed by atoms with Crippen molar-refractivity contribution in [3.05, 3.63) is 36.2 Å². The molecule has 8 heteroatoms. The van der Waals surface area contributed by atoms with Crippen LogP contribution in [-0.4, -0.2) is 47.7 Å². The van der Waals surface area contributed by atoms with Gasteiger partial charge in [-0.1, -0.05) is 17.8 Å². The number of aromatic nitrogens is 2. The molecule has 7 nitrogen and oxygen atoms in total.